The lowest BCUT2D eigenvalue weighted by atomic mass is 9.72. The van der Waals surface area contributed by atoms with Crippen LogP contribution in [0.4, 0.5) is 0 Å². The molecule has 0 aliphatic heterocycles. The molecule has 1 fully saturated rings. The molecule has 0 radical (unpaired) electrons. The summed E-state index contributed by atoms with van der Waals surface area (Å²) in [5.74, 6) is 0.750. The van der Waals surface area contributed by atoms with E-state index in [9.17, 15) is 5.11 Å². The molecule has 112 valence electrons. The van der Waals surface area contributed by atoms with Gasteiger partial charge in [0.15, 0.2) is 11.4 Å². The van der Waals surface area contributed by atoms with Crippen molar-refractivity contribution in [2.45, 2.75) is 43.0 Å². The zero-order chi connectivity index (χ0) is 14.7. The number of aliphatic hydroxyl groups is 1. The van der Waals surface area contributed by atoms with Crippen molar-refractivity contribution < 1.29 is 9.63 Å². The summed E-state index contributed by atoms with van der Waals surface area (Å²) in [6, 6.07) is 11.7. The summed E-state index contributed by atoms with van der Waals surface area (Å²) >= 11 is 3.39. The van der Waals surface area contributed by atoms with Gasteiger partial charge in [-0.3, -0.25) is 0 Å². The first-order valence-corrected chi connectivity index (χ1v) is 8.67. The second-order valence-electron chi connectivity index (χ2n) is 5.78. The summed E-state index contributed by atoms with van der Waals surface area (Å²) in [7, 11) is 0. The molecule has 1 aromatic heterocycles. The van der Waals surface area contributed by atoms with Crippen LogP contribution in [-0.2, 0) is 10.9 Å². The number of benzene rings is 1. The molecule has 4 heteroatoms. The zero-order valence-electron chi connectivity index (χ0n) is 12.0. The Balaban J connectivity index is 2.05. The third-order valence-electron chi connectivity index (χ3n) is 4.48. The van der Waals surface area contributed by atoms with Crippen molar-refractivity contribution in [3.05, 3.63) is 53.4 Å². The fourth-order valence-corrected chi connectivity index (χ4v) is 3.61. The van der Waals surface area contributed by atoms with E-state index in [1.165, 1.54) is 19.3 Å². The lowest BCUT2D eigenvalue weighted by Gasteiger charge is -2.37. The van der Waals surface area contributed by atoms with Crippen molar-refractivity contribution in [1.82, 2.24) is 5.16 Å². The molecule has 21 heavy (non-hydrogen) atoms. The Morgan fingerprint density at radius 2 is 1.90 bits per heavy atom. The van der Waals surface area contributed by atoms with E-state index in [4.69, 9.17) is 4.52 Å². The molecule has 1 saturated carbocycles. The van der Waals surface area contributed by atoms with E-state index in [1.807, 2.05) is 36.4 Å². The highest BCUT2D eigenvalue weighted by atomic mass is 79.9. The summed E-state index contributed by atoms with van der Waals surface area (Å²) in [5.41, 5.74) is 0.638. The van der Waals surface area contributed by atoms with Gasteiger partial charge in [0.1, 0.15) is 0 Å². The van der Waals surface area contributed by atoms with Gasteiger partial charge in [0.2, 0.25) is 0 Å². The van der Waals surface area contributed by atoms with Gasteiger partial charge in [-0.2, -0.15) is 0 Å². The van der Waals surface area contributed by atoms with Crippen molar-refractivity contribution in [2.75, 3.05) is 0 Å². The number of nitrogens with zero attached hydrogens (tertiary/aromatic N) is 1. The van der Waals surface area contributed by atoms with Crippen LogP contribution in [-0.4, -0.2) is 10.3 Å². The maximum atomic E-state index is 11.5. The molecule has 2 aromatic rings. The van der Waals surface area contributed by atoms with Crippen LogP contribution in [0.15, 0.2) is 40.9 Å². The first-order valence-electron chi connectivity index (χ1n) is 7.55. The molecular weight excluding hydrogens is 330 g/mol. The molecule has 0 bridgehead atoms. The van der Waals surface area contributed by atoms with E-state index in [0.29, 0.717) is 11.1 Å². The van der Waals surface area contributed by atoms with Gasteiger partial charge < -0.3 is 9.63 Å². The molecule has 3 nitrogen and oxygen atoms in total. The van der Waals surface area contributed by atoms with E-state index < -0.39 is 5.60 Å². The van der Waals surface area contributed by atoms with Gasteiger partial charge in [-0.1, -0.05) is 70.7 Å². The van der Waals surface area contributed by atoms with E-state index >= 15 is 0 Å². The largest absolute Gasteiger partial charge is 0.377 e. The minimum Gasteiger partial charge on any atom is -0.377 e. The molecule has 1 aliphatic carbocycles. The van der Waals surface area contributed by atoms with Crippen LogP contribution in [0.2, 0.25) is 0 Å². The Labute approximate surface area is 133 Å². The van der Waals surface area contributed by atoms with Crippen molar-refractivity contribution in [3.63, 3.8) is 0 Å². The molecule has 1 atom stereocenters. The zero-order valence-corrected chi connectivity index (χ0v) is 13.6. The lowest BCUT2D eigenvalue weighted by Crippen LogP contribution is -2.37. The van der Waals surface area contributed by atoms with Gasteiger partial charge in [0, 0.05) is 11.4 Å². The molecule has 1 unspecified atom stereocenters. The number of hydrogen-bond acceptors (Lipinski definition) is 3. The second kappa shape index (κ2) is 6.32. The summed E-state index contributed by atoms with van der Waals surface area (Å²) in [5, 5.41) is 16.2. The van der Waals surface area contributed by atoms with Gasteiger partial charge in [0.25, 0.3) is 0 Å². The van der Waals surface area contributed by atoms with Crippen LogP contribution in [0.25, 0.3) is 0 Å². The fourth-order valence-electron chi connectivity index (χ4n) is 3.35. The molecule has 1 heterocycles. The van der Waals surface area contributed by atoms with E-state index in [2.05, 4.69) is 21.1 Å². The number of halogens is 1. The minimum absolute atomic E-state index is 0.185. The number of aromatic nitrogens is 1. The Morgan fingerprint density at radius 3 is 2.52 bits per heavy atom. The number of rotatable bonds is 4. The molecule has 3 rings (SSSR count). The van der Waals surface area contributed by atoms with Crippen LogP contribution >= 0.6 is 15.9 Å². The van der Waals surface area contributed by atoms with Crippen molar-refractivity contribution in [3.8, 4) is 0 Å². The minimum atomic E-state index is -1.07. The standard InChI is InChI=1S/C17H20BrNO2/c18-12-15-11-16(21-19-15)17(20,13-7-3-1-4-8-13)14-9-5-2-6-10-14/h1,3-4,7-8,11,14,20H,2,5-6,9-10,12H2. The maximum Gasteiger partial charge on any atom is 0.173 e. The smallest absolute Gasteiger partial charge is 0.173 e. The van der Waals surface area contributed by atoms with Crippen LogP contribution < -0.4 is 0 Å². The second-order valence-corrected chi connectivity index (χ2v) is 6.34. The molecule has 0 amide bonds. The summed E-state index contributed by atoms with van der Waals surface area (Å²) < 4.78 is 5.50. The predicted molar refractivity (Wildman–Crippen MR) is 85.1 cm³/mol. The van der Waals surface area contributed by atoms with Gasteiger partial charge in [-0.15, -0.1) is 0 Å². The van der Waals surface area contributed by atoms with Crippen molar-refractivity contribution in [1.29, 1.82) is 0 Å². The number of alkyl halides is 1. The van der Waals surface area contributed by atoms with Crippen LogP contribution in [0.1, 0.15) is 49.1 Å². The van der Waals surface area contributed by atoms with Crippen LogP contribution in [0.3, 0.4) is 0 Å². The van der Waals surface area contributed by atoms with E-state index in [-0.39, 0.29) is 5.92 Å². The SMILES string of the molecule is OC(c1ccccc1)(c1cc(CBr)no1)C1CCCCC1. The van der Waals surface area contributed by atoms with Crippen molar-refractivity contribution >= 4 is 15.9 Å². The molecule has 1 N–H and O–H groups in total. The maximum absolute atomic E-state index is 11.5. The summed E-state index contributed by atoms with van der Waals surface area (Å²) in [6.07, 6.45) is 5.63. The monoisotopic (exact) mass is 349 g/mol. The topological polar surface area (TPSA) is 46.3 Å². The summed E-state index contributed by atoms with van der Waals surface area (Å²) in [6.45, 7) is 0. The molecule has 1 aromatic carbocycles. The van der Waals surface area contributed by atoms with Gasteiger partial charge >= 0.3 is 0 Å². The van der Waals surface area contributed by atoms with Crippen molar-refractivity contribution in [2.24, 2.45) is 5.92 Å². The fraction of sp³-hybridized carbons (Fsp3) is 0.471. The Hall–Kier alpha value is -1.13. The number of hydrogen-bond donors (Lipinski definition) is 1. The first-order chi connectivity index (χ1) is 10.2. The van der Waals surface area contributed by atoms with E-state index in [1.54, 1.807) is 0 Å². The Kier molecular flexibility index (Phi) is 4.45. The highest BCUT2D eigenvalue weighted by molar-refractivity contribution is 9.08. The van der Waals surface area contributed by atoms with Gasteiger partial charge in [-0.05, 0) is 24.3 Å². The first kappa shape index (κ1) is 14.8. The highest BCUT2D eigenvalue weighted by Gasteiger charge is 2.43. The van der Waals surface area contributed by atoms with Crippen LogP contribution in [0.5, 0.6) is 0 Å². The van der Waals surface area contributed by atoms with Crippen LogP contribution in [0, 0.1) is 5.92 Å². The highest BCUT2D eigenvalue weighted by Crippen LogP contribution is 2.44. The summed E-state index contributed by atoms with van der Waals surface area (Å²) in [4.78, 5) is 0. The molecule has 1 aliphatic rings. The van der Waals surface area contributed by atoms with Gasteiger partial charge in [0.05, 0.1) is 5.69 Å². The Bertz CT molecular complexity index is 577. The quantitative estimate of drug-likeness (QED) is 0.832. The third-order valence-corrected chi connectivity index (χ3v) is 5.06. The molecule has 0 saturated heterocycles. The third kappa shape index (κ3) is 2.79. The average molecular weight is 350 g/mol. The van der Waals surface area contributed by atoms with Gasteiger partial charge in [-0.25, -0.2) is 0 Å². The normalized spacial score (nSPS) is 19.3. The average Bonchev–Trinajstić information content (AvgIpc) is 3.05. The predicted octanol–water partition coefficient (Wildman–Crippen LogP) is 4.39. The Morgan fingerprint density at radius 1 is 1.19 bits per heavy atom. The molecule has 0 spiro atoms. The molecular formula is C17H20BrNO2. The van der Waals surface area contributed by atoms with E-state index in [0.717, 1.165) is 24.1 Å². The lowest BCUT2D eigenvalue weighted by molar-refractivity contribution is -0.0227.